The van der Waals surface area contributed by atoms with Crippen molar-refractivity contribution in [2.75, 3.05) is 20.3 Å². The molecule has 1 aliphatic rings. The first kappa shape index (κ1) is 22.2. The Bertz CT molecular complexity index is 812. The normalized spacial score (nSPS) is 14.0. The SMILES string of the molecule is COC(=O)[C@@H](N)Cc1ccccc1.N[C@@H](Cc1ccc2c(c1)OCCO2)C(=O)O. The third-order valence-electron chi connectivity index (χ3n) is 4.18. The fourth-order valence-electron chi connectivity index (χ4n) is 2.66. The van der Waals surface area contributed by atoms with Crippen LogP contribution < -0.4 is 20.9 Å². The van der Waals surface area contributed by atoms with Crippen molar-refractivity contribution in [3.05, 3.63) is 59.7 Å². The lowest BCUT2D eigenvalue weighted by atomic mass is 10.1. The summed E-state index contributed by atoms with van der Waals surface area (Å²) in [5.74, 6) is -0.0287. The molecule has 0 saturated carbocycles. The number of carboxylic acid groups (broad SMARTS) is 1. The van der Waals surface area contributed by atoms with Crippen molar-refractivity contribution in [3.8, 4) is 11.5 Å². The van der Waals surface area contributed by atoms with E-state index in [1.807, 2.05) is 30.3 Å². The third kappa shape index (κ3) is 7.10. The van der Waals surface area contributed by atoms with Crippen LogP contribution in [0, 0.1) is 0 Å². The highest BCUT2D eigenvalue weighted by molar-refractivity contribution is 5.75. The van der Waals surface area contributed by atoms with Crippen LogP contribution in [0.1, 0.15) is 11.1 Å². The van der Waals surface area contributed by atoms with E-state index in [9.17, 15) is 9.59 Å². The topological polar surface area (TPSA) is 134 Å². The van der Waals surface area contributed by atoms with Gasteiger partial charge in [0, 0.05) is 0 Å². The van der Waals surface area contributed by atoms with Gasteiger partial charge in [-0.3, -0.25) is 9.59 Å². The molecule has 8 nitrogen and oxygen atoms in total. The molecule has 8 heteroatoms. The van der Waals surface area contributed by atoms with E-state index in [4.69, 9.17) is 26.0 Å². The Morgan fingerprint density at radius 1 is 0.966 bits per heavy atom. The summed E-state index contributed by atoms with van der Waals surface area (Å²) in [6.07, 6.45) is 0.805. The summed E-state index contributed by atoms with van der Waals surface area (Å²) in [6.45, 7) is 1.06. The summed E-state index contributed by atoms with van der Waals surface area (Å²) in [5.41, 5.74) is 12.9. The van der Waals surface area contributed by atoms with E-state index in [0.29, 0.717) is 31.1 Å². The van der Waals surface area contributed by atoms with Gasteiger partial charge in [-0.15, -0.1) is 0 Å². The molecule has 29 heavy (non-hydrogen) atoms. The van der Waals surface area contributed by atoms with Crippen molar-refractivity contribution in [1.82, 2.24) is 0 Å². The van der Waals surface area contributed by atoms with Crippen molar-refractivity contribution in [2.24, 2.45) is 11.5 Å². The zero-order chi connectivity index (χ0) is 21.2. The first-order chi connectivity index (χ1) is 13.9. The van der Waals surface area contributed by atoms with E-state index in [0.717, 1.165) is 11.1 Å². The van der Waals surface area contributed by atoms with Crippen LogP contribution in [0.3, 0.4) is 0 Å². The van der Waals surface area contributed by atoms with Crippen LogP contribution >= 0.6 is 0 Å². The number of esters is 1. The molecule has 0 bridgehead atoms. The van der Waals surface area contributed by atoms with E-state index in [1.54, 1.807) is 18.2 Å². The molecule has 0 saturated heterocycles. The molecule has 2 aromatic carbocycles. The molecule has 0 amide bonds. The number of ether oxygens (including phenoxy) is 3. The van der Waals surface area contributed by atoms with E-state index < -0.39 is 18.1 Å². The van der Waals surface area contributed by atoms with Crippen molar-refractivity contribution < 1.29 is 28.9 Å². The summed E-state index contributed by atoms with van der Waals surface area (Å²) in [4.78, 5) is 21.6. The van der Waals surface area contributed by atoms with Gasteiger partial charge in [-0.1, -0.05) is 36.4 Å². The number of carbonyl (C=O) groups is 2. The summed E-state index contributed by atoms with van der Waals surface area (Å²) < 4.78 is 15.3. The second-order valence-corrected chi connectivity index (χ2v) is 6.45. The molecule has 0 aliphatic carbocycles. The number of carboxylic acids is 1. The predicted octanol–water partition coefficient (Wildman–Crippen LogP) is 1.14. The quantitative estimate of drug-likeness (QED) is 0.613. The second kappa shape index (κ2) is 11.0. The van der Waals surface area contributed by atoms with E-state index in [2.05, 4.69) is 4.74 Å². The maximum atomic E-state index is 11.0. The molecule has 2 atom stereocenters. The maximum Gasteiger partial charge on any atom is 0.322 e. The molecule has 5 N–H and O–H groups in total. The van der Waals surface area contributed by atoms with Gasteiger partial charge in [0.1, 0.15) is 25.3 Å². The first-order valence-electron chi connectivity index (χ1n) is 9.15. The number of nitrogens with two attached hydrogens (primary N) is 2. The van der Waals surface area contributed by atoms with Crippen molar-refractivity contribution >= 4 is 11.9 Å². The van der Waals surface area contributed by atoms with Crippen molar-refractivity contribution in [2.45, 2.75) is 24.9 Å². The molecular weight excluding hydrogens is 376 g/mol. The molecule has 0 fully saturated rings. The number of aliphatic carboxylic acids is 1. The zero-order valence-corrected chi connectivity index (χ0v) is 16.2. The van der Waals surface area contributed by atoms with E-state index in [-0.39, 0.29) is 12.4 Å². The average molecular weight is 402 g/mol. The van der Waals surface area contributed by atoms with Gasteiger partial charge in [-0.2, -0.15) is 0 Å². The number of hydrogen-bond acceptors (Lipinski definition) is 7. The van der Waals surface area contributed by atoms with Gasteiger partial charge in [0.15, 0.2) is 11.5 Å². The number of carbonyl (C=O) groups excluding carboxylic acids is 1. The van der Waals surface area contributed by atoms with Crippen LogP contribution in [-0.4, -0.2) is 49.5 Å². The lowest BCUT2D eigenvalue weighted by molar-refractivity contribution is -0.142. The molecule has 156 valence electrons. The van der Waals surface area contributed by atoms with E-state index >= 15 is 0 Å². The largest absolute Gasteiger partial charge is 0.486 e. The van der Waals surface area contributed by atoms with Crippen LogP contribution in [0.15, 0.2) is 48.5 Å². The van der Waals surface area contributed by atoms with Gasteiger partial charge < -0.3 is 30.8 Å². The van der Waals surface area contributed by atoms with Crippen LogP contribution in [0.5, 0.6) is 11.5 Å². The standard InChI is InChI=1S/C11H13NO4.C10H13NO2/c12-8(11(13)14)5-7-1-2-9-10(6-7)16-4-3-15-9;1-13-10(12)9(11)7-8-5-3-2-4-6-8/h1-2,6,8H,3-5,12H2,(H,13,14);2-6,9H,7,11H2,1H3/t8-;9-/m00/s1. The average Bonchev–Trinajstić information content (AvgIpc) is 2.74. The smallest absolute Gasteiger partial charge is 0.322 e. The fraction of sp³-hybridized carbons (Fsp3) is 0.333. The predicted molar refractivity (Wildman–Crippen MR) is 107 cm³/mol. The first-order valence-corrected chi connectivity index (χ1v) is 9.15. The lowest BCUT2D eigenvalue weighted by Gasteiger charge is -2.19. The van der Waals surface area contributed by atoms with Crippen molar-refractivity contribution in [3.63, 3.8) is 0 Å². The van der Waals surface area contributed by atoms with E-state index in [1.165, 1.54) is 7.11 Å². The minimum absolute atomic E-state index is 0.284. The molecule has 1 heterocycles. The van der Waals surface area contributed by atoms with Gasteiger partial charge in [0.25, 0.3) is 0 Å². The molecular formula is C21H26N2O6. The highest BCUT2D eigenvalue weighted by atomic mass is 16.6. The summed E-state index contributed by atoms with van der Waals surface area (Å²) in [5, 5.41) is 8.70. The van der Waals surface area contributed by atoms with Crippen LogP contribution in [0.2, 0.25) is 0 Å². The molecule has 0 spiro atoms. The Hall–Kier alpha value is -3.10. The highest BCUT2D eigenvalue weighted by Gasteiger charge is 2.16. The lowest BCUT2D eigenvalue weighted by Crippen LogP contribution is -2.33. The molecule has 0 unspecified atom stereocenters. The molecule has 3 rings (SSSR count). The fourth-order valence-corrected chi connectivity index (χ4v) is 2.66. The minimum Gasteiger partial charge on any atom is -0.486 e. The van der Waals surface area contributed by atoms with Crippen LogP contribution in [0.25, 0.3) is 0 Å². The van der Waals surface area contributed by atoms with Gasteiger partial charge >= 0.3 is 11.9 Å². The Labute approximate surface area is 169 Å². The Balaban J connectivity index is 0.000000212. The van der Waals surface area contributed by atoms with Gasteiger partial charge in [-0.25, -0.2) is 0 Å². The molecule has 1 aliphatic heterocycles. The van der Waals surface area contributed by atoms with Gasteiger partial charge in [0.05, 0.1) is 7.11 Å². The number of fused-ring (bicyclic) bond motifs is 1. The number of rotatable bonds is 6. The number of methoxy groups -OCH3 is 1. The zero-order valence-electron chi connectivity index (χ0n) is 16.2. The monoisotopic (exact) mass is 402 g/mol. The Morgan fingerprint density at radius 3 is 2.21 bits per heavy atom. The number of hydrogen-bond donors (Lipinski definition) is 3. The molecule has 2 aromatic rings. The summed E-state index contributed by atoms with van der Waals surface area (Å²) in [7, 11) is 1.34. The van der Waals surface area contributed by atoms with Gasteiger partial charge in [-0.05, 0) is 36.1 Å². The summed E-state index contributed by atoms with van der Waals surface area (Å²) in [6, 6.07) is 13.5. The summed E-state index contributed by atoms with van der Waals surface area (Å²) >= 11 is 0. The van der Waals surface area contributed by atoms with Crippen LogP contribution in [-0.2, 0) is 27.2 Å². The highest BCUT2D eigenvalue weighted by Crippen LogP contribution is 2.30. The molecule has 0 radical (unpaired) electrons. The van der Waals surface area contributed by atoms with Crippen LogP contribution in [0.4, 0.5) is 0 Å². The Morgan fingerprint density at radius 2 is 1.59 bits per heavy atom. The molecule has 0 aromatic heterocycles. The van der Waals surface area contributed by atoms with Crippen molar-refractivity contribution in [1.29, 1.82) is 0 Å². The second-order valence-electron chi connectivity index (χ2n) is 6.45. The third-order valence-corrected chi connectivity index (χ3v) is 4.18. The number of benzene rings is 2. The minimum atomic E-state index is -1.00. The Kier molecular flexibility index (Phi) is 8.45. The van der Waals surface area contributed by atoms with Gasteiger partial charge in [0.2, 0.25) is 0 Å². The maximum absolute atomic E-state index is 11.0.